The van der Waals surface area contributed by atoms with Crippen LogP contribution in [-0.2, 0) is 14.8 Å². The third-order valence-corrected chi connectivity index (χ3v) is 5.91. The Labute approximate surface area is 181 Å². The van der Waals surface area contributed by atoms with Crippen LogP contribution in [0.5, 0.6) is 5.75 Å². The number of pyridine rings is 1. The predicted molar refractivity (Wildman–Crippen MR) is 119 cm³/mol. The van der Waals surface area contributed by atoms with E-state index < -0.39 is 22.5 Å². The lowest BCUT2D eigenvalue weighted by molar-refractivity contribution is -0.119. The van der Waals surface area contributed by atoms with E-state index in [9.17, 15) is 13.2 Å². The number of hydrogen-bond donors (Lipinski definition) is 1. The number of benzene rings is 2. The monoisotopic (exact) mass is 438 g/mol. The highest BCUT2D eigenvalue weighted by Gasteiger charge is 2.29. The number of hydrogen-bond acceptors (Lipinski definition) is 6. The molecule has 0 radical (unpaired) electrons. The molecule has 1 amide bonds. The van der Waals surface area contributed by atoms with Gasteiger partial charge in [0.15, 0.2) is 0 Å². The Balaban J connectivity index is 1.89. The van der Waals surface area contributed by atoms with Crippen LogP contribution >= 0.6 is 0 Å². The Morgan fingerprint density at radius 1 is 1.10 bits per heavy atom. The second-order valence-electron chi connectivity index (χ2n) is 6.31. The van der Waals surface area contributed by atoms with E-state index in [1.807, 2.05) is 0 Å². The van der Waals surface area contributed by atoms with Crippen LogP contribution in [0, 0.1) is 0 Å². The zero-order valence-corrected chi connectivity index (χ0v) is 17.7. The number of amides is 1. The summed E-state index contributed by atoms with van der Waals surface area (Å²) in [6.07, 6.45) is 4.63. The molecular formula is C22H22N4O4S. The van der Waals surface area contributed by atoms with Gasteiger partial charge in [0, 0.05) is 18.0 Å². The van der Waals surface area contributed by atoms with E-state index in [2.05, 4.69) is 15.5 Å². The molecule has 8 nitrogen and oxygen atoms in total. The highest BCUT2D eigenvalue weighted by molar-refractivity contribution is 7.92. The summed E-state index contributed by atoms with van der Waals surface area (Å²) in [4.78, 5) is 16.6. The molecule has 0 fully saturated rings. The van der Waals surface area contributed by atoms with Crippen LogP contribution in [0.1, 0.15) is 12.5 Å². The fourth-order valence-corrected chi connectivity index (χ4v) is 4.21. The molecular weight excluding hydrogens is 416 g/mol. The second kappa shape index (κ2) is 10.4. The molecule has 31 heavy (non-hydrogen) atoms. The third kappa shape index (κ3) is 5.67. The van der Waals surface area contributed by atoms with Gasteiger partial charge >= 0.3 is 0 Å². The Kier molecular flexibility index (Phi) is 7.34. The van der Waals surface area contributed by atoms with E-state index in [0.717, 1.165) is 4.31 Å². The Bertz CT molecular complexity index is 1140. The van der Waals surface area contributed by atoms with Crippen LogP contribution in [0.25, 0.3) is 0 Å². The Hall–Kier alpha value is -3.72. The van der Waals surface area contributed by atoms with Gasteiger partial charge in [-0.25, -0.2) is 13.8 Å². The maximum absolute atomic E-state index is 13.4. The van der Waals surface area contributed by atoms with Crippen molar-refractivity contribution in [2.24, 2.45) is 5.10 Å². The fraction of sp³-hybridized carbons (Fsp3) is 0.136. The van der Waals surface area contributed by atoms with Crippen molar-refractivity contribution in [1.82, 2.24) is 10.4 Å². The summed E-state index contributed by atoms with van der Waals surface area (Å²) in [6, 6.07) is 18.1. The molecule has 0 spiro atoms. The molecule has 1 N–H and O–H groups in total. The number of carbonyl (C=O) groups excluding carboxylic acids is 1. The molecule has 1 heterocycles. The summed E-state index contributed by atoms with van der Waals surface area (Å²) in [6.45, 7) is 1.66. The van der Waals surface area contributed by atoms with Crippen LogP contribution in [0.3, 0.4) is 0 Å². The summed E-state index contributed by atoms with van der Waals surface area (Å²) in [5.41, 5.74) is 3.32. The number of aromatic nitrogens is 1. The molecule has 0 aliphatic rings. The normalized spacial score (nSPS) is 11.3. The highest BCUT2D eigenvalue weighted by Crippen LogP contribution is 2.32. The molecule has 0 aliphatic carbocycles. The van der Waals surface area contributed by atoms with E-state index in [1.165, 1.54) is 18.3 Å². The van der Waals surface area contributed by atoms with E-state index in [0.29, 0.717) is 17.9 Å². The van der Waals surface area contributed by atoms with Crippen molar-refractivity contribution in [3.8, 4) is 5.75 Å². The number of nitrogens with one attached hydrogen (secondary N) is 1. The quantitative estimate of drug-likeness (QED) is 0.409. The maximum atomic E-state index is 13.4. The first-order valence-electron chi connectivity index (χ1n) is 9.54. The number of hydrazone groups is 1. The van der Waals surface area contributed by atoms with Gasteiger partial charge in [-0.1, -0.05) is 36.4 Å². The molecule has 2 aromatic carbocycles. The number of nitrogens with zero attached hydrogens (tertiary/aromatic N) is 3. The van der Waals surface area contributed by atoms with Crippen molar-refractivity contribution in [3.05, 3.63) is 84.7 Å². The lowest BCUT2D eigenvalue weighted by Gasteiger charge is -2.25. The lowest BCUT2D eigenvalue weighted by atomic mass is 10.3. The van der Waals surface area contributed by atoms with Gasteiger partial charge in [-0.2, -0.15) is 5.10 Å². The van der Waals surface area contributed by atoms with Crippen molar-refractivity contribution < 1.29 is 17.9 Å². The molecule has 0 bridgehead atoms. The Morgan fingerprint density at radius 3 is 2.55 bits per heavy atom. The molecule has 0 unspecified atom stereocenters. The van der Waals surface area contributed by atoms with Crippen LogP contribution in [-0.4, -0.2) is 38.7 Å². The number of para-hydroxylation sites is 2. The fourth-order valence-electron chi connectivity index (χ4n) is 2.76. The molecule has 1 aromatic heterocycles. The average Bonchev–Trinajstić information content (AvgIpc) is 2.79. The van der Waals surface area contributed by atoms with Crippen LogP contribution in [0.2, 0.25) is 0 Å². The van der Waals surface area contributed by atoms with Crippen LogP contribution in [0.4, 0.5) is 5.69 Å². The minimum absolute atomic E-state index is 0.0629. The molecule has 3 rings (SSSR count). The lowest BCUT2D eigenvalue weighted by Crippen LogP contribution is -2.39. The van der Waals surface area contributed by atoms with E-state index in [1.54, 1.807) is 73.9 Å². The second-order valence-corrected chi connectivity index (χ2v) is 8.17. The summed E-state index contributed by atoms with van der Waals surface area (Å²) in [7, 11) is -4.04. The molecule has 0 saturated heterocycles. The first-order valence-corrected chi connectivity index (χ1v) is 11.0. The highest BCUT2D eigenvalue weighted by atomic mass is 32.2. The number of sulfonamides is 1. The molecule has 3 aromatic rings. The molecule has 160 valence electrons. The third-order valence-electron chi connectivity index (χ3n) is 4.14. The first-order chi connectivity index (χ1) is 15.0. The molecule has 9 heteroatoms. The van der Waals surface area contributed by atoms with Crippen molar-refractivity contribution in [2.45, 2.75) is 11.8 Å². The van der Waals surface area contributed by atoms with E-state index >= 15 is 0 Å². The Morgan fingerprint density at radius 2 is 1.84 bits per heavy atom. The van der Waals surface area contributed by atoms with Gasteiger partial charge in [0.1, 0.15) is 12.3 Å². The van der Waals surface area contributed by atoms with Crippen molar-refractivity contribution in [1.29, 1.82) is 0 Å². The average molecular weight is 439 g/mol. The van der Waals surface area contributed by atoms with Crippen molar-refractivity contribution >= 4 is 27.8 Å². The summed E-state index contributed by atoms with van der Waals surface area (Å²) >= 11 is 0. The predicted octanol–water partition coefficient (Wildman–Crippen LogP) is 2.83. The maximum Gasteiger partial charge on any atom is 0.264 e. The smallest absolute Gasteiger partial charge is 0.264 e. The number of rotatable bonds is 9. The minimum atomic E-state index is -4.04. The largest absolute Gasteiger partial charge is 0.492 e. The van der Waals surface area contributed by atoms with E-state index in [4.69, 9.17) is 4.74 Å². The van der Waals surface area contributed by atoms with Gasteiger partial charge in [-0.05, 0) is 37.3 Å². The number of carbonyl (C=O) groups is 1. The zero-order valence-electron chi connectivity index (χ0n) is 16.9. The van der Waals surface area contributed by atoms with Crippen LogP contribution in [0.15, 0.2) is 89.1 Å². The van der Waals surface area contributed by atoms with Gasteiger partial charge in [-0.3, -0.25) is 14.1 Å². The van der Waals surface area contributed by atoms with Gasteiger partial charge in [0.05, 0.1) is 23.4 Å². The first kappa shape index (κ1) is 22.0. The number of anilines is 1. The standard InChI is InChI=1S/C22H22N4O4S/c1-2-30-21-13-7-6-12-20(21)26(31(28,29)19-10-4-3-5-11-19)17-22(27)25-24-16-18-9-8-14-23-15-18/h3-16H,2,17H2,1H3,(H,25,27)/b24-16-. The topological polar surface area (TPSA) is 101 Å². The summed E-state index contributed by atoms with van der Waals surface area (Å²) < 4.78 is 33.3. The summed E-state index contributed by atoms with van der Waals surface area (Å²) in [5, 5.41) is 3.88. The molecule has 0 aliphatic heterocycles. The van der Waals surface area contributed by atoms with Crippen molar-refractivity contribution in [3.63, 3.8) is 0 Å². The van der Waals surface area contributed by atoms with E-state index in [-0.39, 0.29) is 10.6 Å². The zero-order chi connectivity index (χ0) is 22.1. The van der Waals surface area contributed by atoms with Crippen LogP contribution < -0.4 is 14.5 Å². The SMILES string of the molecule is CCOc1ccccc1N(CC(=O)N/N=C\c1cccnc1)S(=O)(=O)c1ccccc1. The molecule has 0 saturated carbocycles. The minimum Gasteiger partial charge on any atom is -0.492 e. The summed E-state index contributed by atoms with van der Waals surface area (Å²) in [5.74, 6) is -0.248. The van der Waals surface area contributed by atoms with Gasteiger partial charge in [0.2, 0.25) is 0 Å². The number of ether oxygens (including phenoxy) is 1. The van der Waals surface area contributed by atoms with Gasteiger partial charge in [0.25, 0.3) is 15.9 Å². The van der Waals surface area contributed by atoms with Crippen molar-refractivity contribution in [2.75, 3.05) is 17.5 Å². The van der Waals surface area contributed by atoms with Gasteiger partial charge < -0.3 is 4.74 Å². The van der Waals surface area contributed by atoms with Gasteiger partial charge in [-0.15, -0.1) is 0 Å². The molecule has 0 atom stereocenters.